The standard InChI is InChI=1S/C33H40FN3O5S/c1-5-29(33(39)35-27-8-6-7-9-27)36(21-25-13-15-26(34)16-14-25)32(38)22-37(30-20-24(3)12-19-31(30)42-4)43(40,41)28-17-10-23(2)11-18-28/h10-20,27,29H,5-9,21-22H2,1-4H3,(H,35,39)/t29-/m0/s1. The second kappa shape index (κ2) is 14.0. The summed E-state index contributed by atoms with van der Waals surface area (Å²) < 4.78 is 48.6. The molecule has 4 rings (SSSR count). The number of sulfonamides is 1. The highest BCUT2D eigenvalue weighted by molar-refractivity contribution is 7.92. The Morgan fingerprint density at radius 2 is 1.60 bits per heavy atom. The molecule has 0 bridgehead atoms. The first kappa shape index (κ1) is 32.0. The van der Waals surface area contributed by atoms with Gasteiger partial charge >= 0.3 is 0 Å². The molecule has 0 aromatic heterocycles. The third-order valence-corrected chi connectivity index (χ3v) is 9.62. The van der Waals surface area contributed by atoms with E-state index < -0.39 is 34.3 Å². The highest BCUT2D eigenvalue weighted by Crippen LogP contribution is 2.34. The maximum absolute atomic E-state index is 14.3. The molecule has 43 heavy (non-hydrogen) atoms. The summed E-state index contributed by atoms with van der Waals surface area (Å²) in [5, 5.41) is 3.09. The van der Waals surface area contributed by atoms with Crippen LogP contribution in [0.25, 0.3) is 0 Å². The molecule has 0 heterocycles. The molecule has 0 aliphatic heterocycles. The van der Waals surface area contributed by atoms with Crippen molar-refractivity contribution in [3.8, 4) is 5.75 Å². The Morgan fingerprint density at radius 1 is 0.977 bits per heavy atom. The van der Waals surface area contributed by atoms with E-state index in [2.05, 4.69) is 5.32 Å². The highest BCUT2D eigenvalue weighted by atomic mass is 32.2. The van der Waals surface area contributed by atoms with Crippen molar-refractivity contribution in [3.05, 3.63) is 89.2 Å². The van der Waals surface area contributed by atoms with E-state index in [4.69, 9.17) is 4.74 Å². The lowest BCUT2D eigenvalue weighted by molar-refractivity contribution is -0.140. The molecule has 0 spiro atoms. The maximum Gasteiger partial charge on any atom is 0.264 e. The number of aryl methyl sites for hydroxylation is 2. The van der Waals surface area contributed by atoms with Crippen LogP contribution in [0.1, 0.15) is 55.7 Å². The fraction of sp³-hybridized carbons (Fsp3) is 0.394. The second-order valence-corrected chi connectivity index (χ2v) is 12.9. The zero-order chi connectivity index (χ0) is 31.1. The van der Waals surface area contributed by atoms with E-state index in [1.165, 1.54) is 36.3 Å². The molecule has 1 atom stereocenters. The van der Waals surface area contributed by atoms with Gasteiger partial charge in [0.2, 0.25) is 11.8 Å². The largest absolute Gasteiger partial charge is 0.495 e. The molecule has 1 fully saturated rings. The van der Waals surface area contributed by atoms with Crippen LogP contribution < -0.4 is 14.4 Å². The van der Waals surface area contributed by atoms with Crippen molar-refractivity contribution in [1.29, 1.82) is 0 Å². The smallest absolute Gasteiger partial charge is 0.264 e. The Morgan fingerprint density at radius 3 is 2.21 bits per heavy atom. The molecule has 3 aromatic carbocycles. The Kier molecular flexibility index (Phi) is 10.4. The van der Waals surface area contributed by atoms with Gasteiger partial charge in [0.15, 0.2) is 0 Å². The van der Waals surface area contributed by atoms with Crippen molar-refractivity contribution in [2.75, 3.05) is 18.0 Å². The average molecular weight is 610 g/mol. The van der Waals surface area contributed by atoms with Crippen molar-refractivity contribution >= 4 is 27.5 Å². The fourth-order valence-corrected chi connectivity index (χ4v) is 6.84. The zero-order valence-corrected chi connectivity index (χ0v) is 26.0. The van der Waals surface area contributed by atoms with Crippen molar-refractivity contribution in [1.82, 2.24) is 10.2 Å². The number of amides is 2. The van der Waals surface area contributed by atoms with Gasteiger partial charge in [0.1, 0.15) is 24.2 Å². The highest BCUT2D eigenvalue weighted by Gasteiger charge is 2.35. The summed E-state index contributed by atoms with van der Waals surface area (Å²) in [5.41, 5.74) is 2.49. The van der Waals surface area contributed by atoms with Gasteiger partial charge in [-0.3, -0.25) is 13.9 Å². The van der Waals surface area contributed by atoms with Crippen LogP contribution in [0.5, 0.6) is 5.75 Å². The summed E-state index contributed by atoms with van der Waals surface area (Å²) in [6, 6.07) is 16.4. The lowest BCUT2D eigenvalue weighted by Gasteiger charge is -2.34. The number of ether oxygens (including phenoxy) is 1. The number of methoxy groups -OCH3 is 1. The Balaban J connectivity index is 1.76. The number of nitrogens with one attached hydrogen (secondary N) is 1. The number of benzene rings is 3. The van der Waals surface area contributed by atoms with Crippen LogP contribution in [0.2, 0.25) is 0 Å². The van der Waals surface area contributed by atoms with E-state index >= 15 is 0 Å². The molecule has 0 saturated heterocycles. The van der Waals surface area contributed by atoms with Gasteiger partial charge in [-0.05, 0) is 80.6 Å². The Hall–Kier alpha value is -3.92. The molecule has 8 nitrogen and oxygen atoms in total. The number of rotatable bonds is 12. The number of hydrogen-bond acceptors (Lipinski definition) is 5. The van der Waals surface area contributed by atoms with Crippen LogP contribution >= 0.6 is 0 Å². The molecule has 10 heteroatoms. The van der Waals surface area contributed by atoms with Crippen LogP contribution in [-0.4, -0.2) is 50.9 Å². The number of carbonyl (C=O) groups excluding carboxylic acids is 2. The van der Waals surface area contributed by atoms with Crippen molar-refractivity contribution < 1.29 is 27.1 Å². The van der Waals surface area contributed by atoms with Crippen molar-refractivity contribution in [2.24, 2.45) is 0 Å². The first-order valence-electron chi connectivity index (χ1n) is 14.6. The van der Waals surface area contributed by atoms with Gasteiger partial charge in [0.05, 0.1) is 17.7 Å². The molecule has 230 valence electrons. The molecule has 1 N–H and O–H groups in total. The van der Waals surface area contributed by atoms with Gasteiger partial charge in [-0.25, -0.2) is 12.8 Å². The number of hydrogen-bond donors (Lipinski definition) is 1. The van der Waals surface area contributed by atoms with Gasteiger partial charge in [0.25, 0.3) is 10.0 Å². The van der Waals surface area contributed by atoms with E-state index in [1.54, 1.807) is 42.5 Å². The van der Waals surface area contributed by atoms with Crippen molar-refractivity contribution in [3.63, 3.8) is 0 Å². The molecule has 1 aliphatic carbocycles. The minimum absolute atomic E-state index is 0.000914. The topological polar surface area (TPSA) is 96.0 Å². The van der Waals surface area contributed by atoms with Crippen LogP contribution in [0, 0.1) is 19.7 Å². The minimum Gasteiger partial charge on any atom is -0.495 e. The summed E-state index contributed by atoms with van der Waals surface area (Å²) in [6.07, 6.45) is 4.13. The molecule has 1 aliphatic rings. The van der Waals surface area contributed by atoms with Crippen LogP contribution in [0.4, 0.5) is 10.1 Å². The summed E-state index contributed by atoms with van der Waals surface area (Å²) in [5.74, 6) is -0.998. The van der Waals surface area contributed by atoms with E-state index in [1.807, 2.05) is 20.8 Å². The minimum atomic E-state index is -4.24. The molecule has 0 unspecified atom stereocenters. The third-order valence-electron chi connectivity index (χ3n) is 7.84. The molecule has 3 aromatic rings. The SMILES string of the molecule is CC[C@@H](C(=O)NC1CCCC1)N(Cc1ccc(F)cc1)C(=O)CN(c1cc(C)ccc1OC)S(=O)(=O)c1ccc(C)cc1. The van der Waals surface area contributed by atoms with Crippen LogP contribution in [0.15, 0.2) is 71.6 Å². The number of halogens is 1. The zero-order valence-electron chi connectivity index (χ0n) is 25.2. The summed E-state index contributed by atoms with van der Waals surface area (Å²) in [7, 11) is -2.80. The van der Waals surface area contributed by atoms with Gasteiger partial charge in [-0.1, -0.05) is 55.7 Å². The fourth-order valence-electron chi connectivity index (χ4n) is 5.42. The monoisotopic (exact) mass is 609 g/mol. The number of carbonyl (C=O) groups is 2. The quantitative estimate of drug-likeness (QED) is 0.292. The Labute approximate surface area is 253 Å². The number of nitrogens with zero attached hydrogens (tertiary/aromatic N) is 2. The molecule has 1 saturated carbocycles. The van der Waals surface area contributed by atoms with E-state index in [9.17, 15) is 22.4 Å². The number of anilines is 1. The van der Waals surface area contributed by atoms with Crippen molar-refractivity contribution in [2.45, 2.75) is 76.4 Å². The summed E-state index contributed by atoms with van der Waals surface area (Å²) in [6.45, 7) is 4.91. The summed E-state index contributed by atoms with van der Waals surface area (Å²) >= 11 is 0. The first-order valence-corrected chi connectivity index (χ1v) is 16.1. The summed E-state index contributed by atoms with van der Waals surface area (Å²) in [4.78, 5) is 29.3. The first-order chi connectivity index (χ1) is 20.5. The Bertz CT molecular complexity index is 1520. The van der Waals surface area contributed by atoms with Gasteiger partial charge in [0, 0.05) is 12.6 Å². The molecular weight excluding hydrogens is 569 g/mol. The van der Waals surface area contributed by atoms with Crippen LogP contribution in [-0.2, 0) is 26.2 Å². The van der Waals surface area contributed by atoms with E-state index in [0.29, 0.717) is 12.0 Å². The van der Waals surface area contributed by atoms with Gasteiger partial charge in [-0.15, -0.1) is 0 Å². The second-order valence-electron chi connectivity index (χ2n) is 11.1. The molecular formula is C33H40FN3O5S. The van der Waals surface area contributed by atoms with Gasteiger partial charge in [-0.2, -0.15) is 0 Å². The maximum atomic E-state index is 14.3. The van der Waals surface area contributed by atoms with Crippen LogP contribution in [0.3, 0.4) is 0 Å². The van der Waals surface area contributed by atoms with E-state index in [-0.39, 0.29) is 34.8 Å². The predicted octanol–water partition coefficient (Wildman–Crippen LogP) is 5.51. The lowest BCUT2D eigenvalue weighted by Crippen LogP contribution is -2.53. The van der Waals surface area contributed by atoms with E-state index in [0.717, 1.165) is 41.1 Å². The molecule has 0 radical (unpaired) electrons. The third kappa shape index (κ3) is 7.73. The average Bonchev–Trinajstić information content (AvgIpc) is 3.50. The normalized spacial score (nSPS) is 14.3. The lowest BCUT2D eigenvalue weighted by atomic mass is 10.1. The molecule has 2 amide bonds. The predicted molar refractivity (Wildman–Crippen MR) is 165 cm³/mol. The van der Waals surface area contributed by atoms with Gasteiger partial charge < -0.3 is 15.0 Å².